The van der Waals surface area contributed by atoms with Gasteiger partial charge in [0.1, 0.15) is 24.6 Å². The summed E-state index contributed by atoms with van der Waals surface area (Å²) >= 11 is 0. The van der Waals surface area contributed by atoms with Crippen molar-refractivity contribution < 1.29 is 37.9 Å². The molecule has 0 bridgehead atoms. The van der Waals surface area contributed by atoms with Crippen LogP contribution >= 0.6 is 7.82 Å². The van der Waals surface area contributed by atoms with Crippen LogP contribution in [-0.2, 0) is 23.3 Å². The molecule has 2 fully saturated rings. The molecule has 212 valence electrons. The zero-order chi connectivity index (χ0) is 28.4. The summed E-state index contributed by atoms with van der Waals surface area (Å²) in [6.07, 6.45) is 2.45. The molecule has 2 aliphatic rings. The van der Waals surface area contributed by atoms with Crippen molar-refractivity contribution in [3.63, 3.8) is 0 Å². The van der Waals surface area contributed by atoms with E-state index in [1.165, 1.54) is 12.7 Å². The minimum Gasteiger partial charge on any atom is -0.347 e. The number of carbonyl (C=O) groups is 1. The van der Waals surface area contributed by atoms with E-state index in [-0.39, 0.29) is 5.82 Å². The summed E-state index contributed by atoms with van der Waals surface area (Å²) in [5, 5.41) is 5.40. The number of ether oxygens (including phenoxy) is 3. The number of nitrogens with one attached hydrogen (secondary N) is 2. The molecule has 4 unspecified atom stereocenters. The molecule has 0 saturated carbocycles. The molecule has 2 amide bonds. The number of imidazole rings is 1. The Kier molecular flexibility index (Phi) is 7.60. The maximum Gasteiger partial charge on any atom is 0.469 e. The van der Waals surface area contributed by atoms with E-state index in [2.05, 4.69) is 25.6 Å². The van der Waals surface area contributed by atoms with Crippen molar-refractivity contribution in [2.45, 2.75) is 30.8 Å². The van der Waals surface area contributed by atoms with E-state index in [4.69, 9.17) is 18.7 Å². The number of hydrogen-bond donors (Lipinski definition) is 4. The first-order valence-corrected chi connectivity index (χ1v) is 14.1. The summed E-state index contributed by atoms with van der Waals surface area (Å²) < 4.78 is 36.0. The number of urea groups is 1. The number of aromatic nitrogens is 4. The van der Waals surface area contributed by atoms with E-state index in [0.29, 0.717) is 16.9 Å². The van der Waals surface area contributed by atoms with E-state index < -0.39 is 51.3 Å². The van der Waals surface area contributed by atoms with Crippen LogP contribution in [0.1, 0.15) is 11.8 Å². The van der Waals surface area contributed by atoms with Gasteiger partial charge in [-0.3, -0.25) is 14.4 Å². The van der Waals surface area contributed by atoms with Gasteiger partial charge in [-0.05, 0) is 23.8 Å². The Morgan fingerprint density at radius 1 is 0.976 bits per heavy atom. The minimum atomic E-state index is -4.76. The summed E-state index contributed by atoms with van der Waals surface area (Å²) in [6.45, 7) is -0.436. The fourth-order valence-corrected chi connectivity index (χ4v) is 4.99. The first-order valence-electron chi connectivity index (χ1n) is 12.5. The van der Waals surface area contributed by atoms with E-state index in [0.717, 1.165) is 5.56 Å². The number of nitrogens with zero attached hydrogens (tertiary/aromatic N) is 4. The van der Waals surface area contributed by atoms with Gasteiger partial charge in [-0.25, -0.2) is 24.3 Å². The van der Waals surface area contributed by atoms with Gasteiger partial charge in [0.05, 0.1) is 12.9 Å². The Hall–Kier alpha value is -4.01. The third-order valence-corrected chi connectivity index (χ3v) is 6.90. The first kappa shape index (κ1) is 27.2. The van der Waals surface area contributed by atoms with Crippen LogP contribution in [0, 0.1) is 0 Å². The van der Waals surface area contributed by atoms with Crippen molar-refractivity contribution in [1.29, 1.82) is 0 Å². The molecule has 14 nitrogen and oxygen atoms in total. The predicted molar refractivity (Wildman–Crippen MR) is 145 cm³/mol. The Morgan fingerprint density at radius 2 is 1.71 bits per heavy atom. The highest BCUT2D eigenvalue weighted by Gasteiger charge is 2.53. The SMILES string of the molecule is O=C(Nc1ccccc1)Nc1ncnc2c1ncn2C1O[C@H](COP(=O)(O)O)C2OC(/C=C/c3ccccc3)OC21. The standard InChI is InChI=1S/C26H25N6O8P/c33-26(30-17-9-5-2-6-10-17)31-23-20-24(28-14-27-23)32(15-29-20)25-22-21(18(38-25)13-37-41(34,35)36)39-19(40-22)12-11-16-7-3-1-4-8-16/h1-12,14-15,18-19,21-22,25H,13H2,(H2,34,35,36)(H2,27,28,30,31,33)/b12-11+/t18-,19?,21?,22?,25?/m1/s1. The Labute approximate surface area is 233 Å². The second kappa shape index (κ2) is 11.5. The number of phosphoric ester groups is 1. The topological polar surface area (TPSA) is 179 Å². The molecule has 4 N–H and O–H groups in total. The third-order valence-electron chi connectivity index (χ3n) is 6.42. The lowest BCUT2D eigenvalue weighted by Gasteiger charge is -2.20. The van der Waals surface area contributed by atoms with Gasteiger partial charge in [-0.15, -0.1) is 0 Å². The quantitative estimate of drug-likeness (QED) is 0.225. The van der Waals surface area contributed by atoms with Crippen LogP contribution in [0.5, 0.6) is 0 Å². The van der Waals surface area contributed by atoms with Gasteiger partial charge >= 0.3 is 13.9 Å². The third kappa shape index (κ3) is 6.19. The zero-order valence-corrected chi connectivity index (χ0v) is 22.2. The Bertz CT molecular complexity index is 1600. The number of para-hydroxylation sites is 1. The molecule has 4 aromatic rings. The predicted octanol–water partition coefficient (Wildman–Crippen LogP) is 3.30. The van der Waals surface area contributed by atoms with Crippen molar-refractivity contribution in [3.05, 3.63) is 85.0 Å². The lowest BCUT2D eigenvalue weighted by Crippen LogP contribution is -2.31. The molecule has 4 heterocycles. The fraction of sp³-hybridized carbons (Fsp3) is 0.231. The van der Waals surface area contributed by atoms with Crippen LogP contribution < -0.4 is 10.6 Å². The number of carbonyl (C=O) groups excluding carboxylic acids is 1. The molecule has 2 aliphatic heterocycles. The number of amides is 2. The van der Waals surface area contributed by atoms with E-state index >= 15 is 0 Å². The van der Waals surface area contributed by atoms with Gasteiger partial charge < -0.3 is 29.3 Å². The minimum absolute atomic E-state index is 0.172. The summed E-state index contributed by atoms with van der Waals surface area (Å²) in [4.78, 5) is 43.9. The maximum atomic E-state index is 12.6. The molecule has 5 atom stereocenters. The monoisotopic (exact) mass is 580 g/mol. The molecule has 0 aliphatic carbocycles. The van der Waals surface area contributed by atoms with E-state index in [9.17, 15) is 19.1 Å². The second-order valence-electron chi connectivity index (χ2n) is 9.18. The van der Waals surface area contributed by atoms with Crippen LogP contribution in [0.25, 0.3) is 17.2 Å². The van der Waals surface area contributed by atoms with Crippen LogP contribution in [0.3, 0.4) is 0 Å². The average molecular weight is 580 g/mol. The molecule has 41 heavy (non-hydrogen) atoms. The largest absolute Gasteiger partial charge is 0.469 e. The number of hydrogen-bond acceptors (Lipinski definition) is 9. The summed E-state index contributed by atoms with van der Waals surface area (Å²) in [5.41, 5.74) is 2.18. The summed E-state index contributed by atoms with van der Waals surface area (Å²) in [7, 11) is -4.76. The lowest BCUT2D eigenvalue weighted by molar-refractivity contribution is -0.132. The second-order valence-corrected chi connectivity index (χ2v) is 10.4. The normalized spacial score (nSPS) is 24.1. The zero-order valence-electron chi connectivity index (χ0n) is 21.3. The average Bonchev–Trinajstić information content (AvgIpc) is 3.66. The number of benzene rings is 2. The smallest absolute Gasteiger partial charge is 0.347 e. The molecular weight excluding hydrogens is 555 g/mol. The maximum absolute atomic E-state index is 12.6. The summed E-state index contributed by atoms with van der Waals surface area (Å²) in [5.74, 6) is 0.172. The van der Waals surface area contributed by atoms with Crippen molar-refractivity contribution in [3.8, 4) is 0 Å². The number of rotatable bonds is 8. The van der Waals surface area contributed by atoms with Gasteiger partial charge in [0.2, 0.25) is 0 Å². The lowest BCUT2D eigenvalue weighted by atomic mass is 10.1. The highest BCUT2D eigenvalue weighted by molar-refractivity contribution is 7.46. The van der Waals surface area contributed by atoms with Gasteiger partial charge in [0, 0.05) is 5.69 Å². The fourth-order valence-electron chi connectivity index (χ4n) is 4.65. The molecule has 0 radical (unpaired) electrons. The molecule has 15 heteroatoms. The molecule has 2 aromatic heterocycles. The number of phosphoric acid groups is 1. The number of anilines is 2. The first-order chi connectivity index (χ1) is 19.8. The molecule has 0 spiro atoms. The molecule has 2 saturated heterocycles. The molecule has 2 aromatic carbocycles. The van der Waals surface area contributed by atoms with Gasteiger partial charge in [0.25, 0.3) is 0 Å². The van der Waals surface area contributed by atoms with E-state index in [1.54, 1.807) is 34.9 Å². The molecular formula is C26H25N6O8P. The van der Waals surface area contributed by atoms with Crippen LogP contribution in [0.4, 0.5) is 16.3 Å². The highest BCUT2D eigenvalue weighted by atomic mass is 31.2. The van der Waals surface area contributed by atoms with Crippen LogP contribution in [0.15, 0.2) is 79.4 Å². The van der Waals surface area contributed by atoms with Crippen molar-refractivity contribution >= 4 is 42.6 Å². The van der Waals surface area contributed by atoms with Crippen molar-refractivity contribution in [1.82, 2.24) is 19.5 Å². The Balaban J connectivity index is 1.24. The highest BCUT2D eigenvalue weighted by Crippen LogP contribution is 2.43. The van der Waals surface area contributed by atoms with Crippen LogP contribution in [-0.4, -0.2) is 66.5 Å². The molecule has 6 rings (SSSR count). The van der Waals surface area contributed by atoms with Crippen molar-refractivity contribution in [2.24, 2.45) is 0 Å². The van der Waals surface area contributed by atoms with Gasteiger partial charge in [-0.2, -0.15) is 0 Å². The van der Waals surface area contributed by atoms with E-state index in [1.807, 2.05) is 42.5 Å². The Morgan fingerprint density at radius 3 is 2.46 bits per heavy atom. The van der Waals surface area contributed by atoms with Crippen molar-refractivity contribution in [2.75, 3.05) is 17.2 Å². The number of fused-ring (bicyclic) bond motifs is 2. The van der Waals surface area contributed by atoms with Crippen LogP contribution in [0.2, 0.25) is 0 Å². The van der Waals surface area contributed by atoms with Gasteiger partial charge in [-0.1, -0.05) is 54.6 Å². The summed E-state index contributed by atoms with van der Waals surface area (Å²) in [6, 6.07) is 18.0. The van der Waals surface area contributed by atoms with Gasteiger partial charge in [0.15, 0.2) is 29.5 Å².